The van der Waals surface area contributed by atoms with Crippen LogP contribution in [0.15, 0.2) is 77.9 Å². The van der Waals surface area contributed by atoms with E-state index in [1.54, 1.807) is 24.5 Å². The van der Waals surface area contributed by atoms with Gasteiger partial charge in [-0.05, 0) is 30.2 Å². The summed E-state index contributed by atoms with van der Waals surface area (Å²) in [4.78, 5) is 27.1. The van der Waals surface area contributed by atoms with E-state index in [1.807, 2.05) is 72.8 Å². The lowest BCUT2D eigenvalue weighted by molar-refractivity contribution is -0.131. The lowest BCUT2D eigenvalue weighted by Gasteiger charge is -2.20. The number of nitrogens with one attached hydrogen (secondary N) is 1. The Hall–Kier alpha value is -3.25. The molecule has 3 amide bonds. The number of urea groups is 1. The quantitative estimate of drug-likeness (QED) is 0.548. The second-order valence-electron chi connectivity index (χ2n) is 6.35. The Labute approximate surface area is 161 Å². The van der Waals surface area contributed by atoms with Gasteiger partial charge < -0.3 is 5.32 Å². The number of benzene rings is 2. The van der Waals surface area contributed by atoms with E-state index < -0.39 is 17.5 Å². The molecule has 6 heteroatoms. The molecule has 2 aromatic carbocycles. The predicted molar refractivity (Wildman–Crippen MR) is 107 cm³/mol. The third kappa shape index (κ3) is 3.15. The molecule has 1 aliphatic rings. The zero-order valence-electron chi connectivity index (χ0n) is 14.6. The maximum Gasteiger partial charge on any atom is 0.346 e. The summed E-state index contributed by atoms with van der Waals surface area (Å²) < 4.78 is 0. The number of nitrogens with zero attached hydrogens (tertiary/aromatic N) is 2. The number of amides is 3. The number of imide groups is 1. The van der Waals surface area contributed by atoms with Crippen LogP contribution in [0.5, 0.6) is 0 Å². The van der Waals surface area contributed by atoms with Crippen molar-refractivity contribution in [2.24, 2.45) is 5.10 Å². The Morgan fingerprint density at radius 2 is 1.63 bits per heavy atom. The van der Waals surface area contributed by atoms with Crippen molar-refractivity contribution in [3.8, 4) is 10.4 Å². The Morgan fingerprint density at radius 1 is 0.963 bits per heavy atom. The Morgan fingerprint density at radius 3 is 2.33 bits per heavy atom. The van der Waals surface area contributed by atoms with Gasteiger partial charge in [0.25, 0.3) is 5.91 Å². The minimum absolute atomic E-state index is 0.394. The molecule has 1 saturated heterocycles. The molecule has 0 unspecified atom stereocenters. The Kier molecular flexibility index (Phi) is 4.33. The largest absolute Gasteiger partial charge is 0.346 e. The molecule has 134 valence electrons. The number of carbonyl (C=O) groups is 2. The molecule has 0 saturated carbocycles. The molecule has 3 aromatic rings. The summed E-state index contributed by atoms with van der Waals surface area (Å²) in [6, 6.07) is 22.6. The van der Waals surface area contributed by atoms with E-state index in [0.717, 1.165) is 25.9 Å². The summed E-state index contributed by atoms with van der Waals surface area (Å²) in [5.41, 5.74) is 0.734. The van der Waals surface area contributed by atoms with Crippen LogP contribution in [-0.2, 0) is 10.3 Å². The molecular formula is C21H17N3O2S. The fourth-order valence-electron chi connectivity index (χ4n) is 2.99. The van der Waals surface area contributed by atoms with Crippen molar-refractivity contribution >= 4 is 29.5 Å². The van der Waals surface area contributed by atoms with Crippen molar-refractivity contribution in [1.29, 1.82) is 0 Å². The normalized spacial score (nSPS) is 19.7. The van der Waals surface area contributed by atoms with Crippen LogP contribution in [0.2, 0.25) is 0 Å². The average molecular weight is 375 g/mol. The van der Waals surface area contributed by atoms with E-state index in [-0.39, 0.29) is 0 Å². The van der Waals surface area contributed by atoms with Gasteiger partial charge >= 0.3 is 6.03 Å². The van der Waals surface area contributed by atoms with Crippen LogP contribution in [0.3, 0.4) is 0 Å². The van der Waals surface area contributed by atoms with Gasteiger partial charge in [-0.25, -0.2) is 4.79 Å². The molecule has 0 spiro atoms. The summed E-state index contributed by atoms with van der Waals surface area (Å²) in [5.74, 6) is -0.394. The molecule has 1 atom stereocenters. The molecule has 1 fully saturated rings. The molecule has 1 aromatic heterocycles. The van der Waals surface area contributed by atoms with Crippen LogP contribution >= 0.6 is 11.3 Å². The molecule has 1 N–H and O–H groups in total. The van der Waals surface area contributed by atoms with Crippen molar-refractivity contribution in [2.75, 3.05) is 0 Å². The number of hydrazone groups is 1. The second-order valence-corrected chi connectivity index (χ2v) is 7.47. The fraction of sp³-hybridized carbons (Fsp3) is 0.0952. The number of rotatable bonds is 4. The number of hydrogen-bond acceptors (Lipinski definition) is 4. The van der Waals surface area contributed by atoms with Crippen LogP contribution in [0, 0.1) is 0 Å². The summed E-state index contributed by atoms with van der Waals surface area (Å²) in [6.45, 7) is 1.69. The molecule has 5 nitrogen and oxygen atoms in total. The van der Waals surface area contributed by atoms with Crippen molar-refractivity contribution in [3.05, 3.63) is 83.2 Å². The van der Waals surface area contributed by atoms with Crippen LogP contribution in [0.25, 0.3) is 10.4 Å². The highest BCUT2D eigenvalue weighted by molar-refractivity contribution is 7.17. The first-order valence-corrected chi connectivity index (χ1v) is 9.31. The first kappa shape index (κ1) is 17.2. The number of thiophene rings is 1. The molecule has 4 rings (SSSR count). The van der Waals surface area contributed by atoms with Gasteiger partial charge in [0, 0.05) is 9.75 Å². The summed E-state index contributed by atoms with van der Waals surface area (Å²) in [6.07, 6.45) is 1.55. The van der Waals surface area contributed by atoms with E-state index in [4.69, 9.17) is 0 Å². The Bertz CT molecular complexity index is 1010. The van der Waals surface area contributed by atoms with E-state index in [9.17, 15) is 9.59 Å². The minimum atomic E-state index is -1.11. The maximum atomic E-state index is 12.8. The van der Waals surface area contributed by atoms with Gasteiger partial charge in [-0.3, -0.25) is 4.79 Å². The van der Waals surface area contributed by atoms with E-state index >= 15 is 0 Å². The van der Waals surface area contributed by atoms with Gasteiger partial charge in [0.15, 0.2) is 0 Å². The average Bonchev–Trinajstić information content (AvgIpc) is 3.26. The summed E-state index contributed by atoms with van der Waals surface area (Å²) >= 11 is 1.55. The standard InChI is InChI=1S/C21H17N3O2S/c1-21(16-10-6-3-7-11-16)19(25)24(20(26)23-21)22-14-17-12-13-18(27-17)15-8-4-2-5-9-15/h2-14H,1H3,(H,23,26)/b22-14-/t21-/m0/s1. The molecule has 0 radical (unpaired) electrons. The van der Waals surface area contributed by atoms with Crippen molar-refractivity contribution in [3.63, 3.8) is 0 Å². The fourth-order valence-corrected chi connectivity index (χ4v) is 3.87. The van der Waals surface area contributed by atoms with Crippen LogP contribution < -0.4 is 5.32 Å². The van der Waals surface area contributed by atoms with Gasteiger partial charge in [-0.2, -0.15) is 5.10 Å². The van der Waals surface area contributed by atoms with Crippen LogP contribution in [-0.4, -0.2) is 23.2 Å². The Balaban J connectivity index is 1.55. The van der Waals surface area contributed by atoms with Crippen molar-refractivity contribution in [2.45, 2.75) is 12.5 Å². The van der Waals surface area contributed by atoms with Crippen molar-refractivity contribution in [1.82, 2.24) is 10.3 Å². The maximum absolute atomic E-state index is 12.8. The first-order valence-electron chi connectivity index (χ1n) is 8.49. The smallest absolute Gasteiger partial charge is 0.318 e. The lowest BCUT2D eigenvalue weighted by atomic mass is 9.92. The van der Waals surface area contributed by atoms with Gasteiger partial charge in [-0.15, -0.1) is 16.3 Å². The van der Waals surface area contributed by atoms with Gasteiger partial charge in [-0.1, -0.05) is 60.7 Å². The van der Waals surface area contributed by atoms with Gasteiger partial charge in [0.05, 0.1) is 6.21 Å². The van der Waals surface area contributed by atoms with Crippen molar-refractivity contribution < 1.29 is 9.59 Å². The molecule has 0 aliphatic carbocycles. The van der Waals surface area contributed by atoms with Gasteiger partial charge in [0.1, 0.15) is 5.54 Å². The highest BCUT2D eigenvalue weighted by Crippen LogP contribution is 2.30. The molecule has 1 aliphatic heterocycles. The second kappa shape index (κ2) is 6.81. The number of carbonyl (C=O) groups excluding carboxylic acids is 2. The van der Waals surface area contributed by atoms with Gasteiger partial charge in [0.2, 0.25) is 0 Å². The summed E-state index contributed by atoms with van der Waals surface area (Å²) in [5, 5.41) is 7.78. The third-order valence-corrected chi connectivity index (χ3v) is 5.57. The van der Waals surface area contributed by atoms with E-state index in [1.165, 1.54) is 0 Å². The lowest BCUT2D eigenvalue weighted by Crippen LogP contribution is -2.40. The zero-order valence-corrected chi connectivity index (χ0v) is 15.4. The number of hydrogen-bond donors (Lipinski definition) is 1. The van der Waals surface area contributed by atoms with E-state index in [0.29, 0.717) is 0 Å². The third-order valence-electron chi connectivity index (χ3n) is 4.51. The first-order chi connectivity index (χ1) is 13.1. The zero-order chi connectivity index (χ0) is 18.9. The monoisotopic (exact) mass is 375 g/mol. The molecule has 2 heterocycles. The van der Waals surface area contributed by atoms with E-state index in [2.05, 4.69) is 10.4 Å². The highest BCUT2D eigenvalue weighted by atomic mass is 32.1. The molecule has 27 heavy (non-hydrogen) atoms. The topological polar surface area (TPSA) is 61.8 Å². The predicted octanol–water partition coefficient (Wildman–Crippen LogP) is 4.22. The molecule has 0 bridgehead atoms. The van der Waals surface area contributed by atoms with Crippen LogP contribution in [0.1, 0.15) is 17.4 Å². The SMILES string of the molecule is C[C@@]1(c2ccccc2)NC(=O)N(/N=C\c2ccc(-c3ccccc3)s2)C1=O. The molecular weight excluding hydrogens is 358 g/mol. The highest BCUT2D eigenvalue weighted by Gasteiger charge is 2.49. The minimum Gasteiger partial charge on any atom is -0.318 e. The van der Waals surface area contributed by atoms with Crippen LogP contribution in [0.4, 0.5) is 4.79 Å². The summed E-state index contributed by atoms with van der Waals surface area (Å²) in [7, 11) is 0.